The number of carboxylic acid groups (broad SMARTS) is 1. The SMILES string of the molecule is O=C(O)CCNCc1ccc(CN2CCCCCCC2)cc1. The van der Waals surface area contributed by atoms with Crippen molar-refractivity contribution < 1.29 is 9.90 Å². The fourth-order valence-electron chi connectivity index (χ4n) is 2.92. The van der Waals surface area contributed by atoms with Gasteiger partial charge < -0.3 is 10.4 Å². The zero-order valence-corrected chi connectivity index (χ0v) is 13.4. The van der Waals surface area contributed by atoms with Gasteiger partial charge in [0.15, 0.2) is 0 Å². The van der Waals surface area contributed by atoms with Crippen molar-refractivity contribution >= 4 is 5.97 Å². The lowest BCUT2D eigenvalue weighted by atomic mass is 10.1. The highest BCUT2D eigenvalue weighted by Crippen LogP contribution is 2.14. The van der Waals surface area contributed by atoms with Gasteiger partial charge >= 0.3 is 5.97 Å². The van der Waals surface area contributed by atoms with Gasteiger partial charge in [-0.2, -0.15) is 0 Å². The van der Waals surface area contributed by atoms with E-state index >= 15 is 0 Å². The second kappa shape index (κ2) is 9.59. The molecule has 1 saturated heterocycles. The van der Waals surface area contributed by atoms with E-state index in [1.54, 1.807) is 0 Å². The number of likely N-dealkylation sites (tertiary alicyclic amines) is 1. The van der Waals surface area contributed by atoms with Gasteiger partial charge in [-0.1, -0.05) is 43.5 Å². The number of nitrogens with one attached hydrogen (secondary N) is 1. The number of hydrogen-bond donors (Lipinski definition) is 2. The molecule has 2 rings (SSSR count). The van der Waals surface area contributed by atoms with Gasteiger partial charge in [-0.25, -0.2) is 0 Å². The lowest BCUT2D eigenvalue weighted by molar-refractivity contribution is -0.136. The van der Waals surface area contributed by atoms with Gasteiger partial charge in [0, 0.05) is 19.6 Å². The van der Waals surface area contributed by atoms with Gasteiger partial charge in [-0.05, 0) is 37.1 Å². The molecule has 0 aliphatic carbocycles. The topological polar surface area (TPSA) is 52.6 Å². The second-order valence-electron chi connectivity index (χ2n) is 6.18. The molecule has 1 aromatic carbocycles. The molecule has 4 heteroatoms. The van der Waals surface area contributed by atoms with Crippen LogP contribution >= 0.6 is 0 Å². The Bertz CT molecular complexity index is 437. The van der Waals surface area contributed by atoms with Crippen LogP contribution in [0.5, 0.6) is 0 Å². The zero-order chi connectivity index (χ0) is 15.6. The number of rotatable bonds is 7. The first kappa shape index (κ1) is 17.0. The second-order valence-corrected chi connectivity index (χ2v) is 6.18. The summed E-state index contributed by atoms with van der Waals surface area (Å²) in [6.45, 7) is 4.74. The quantitative estimate of drug-likeness (QED) is 0.760. The Balaban J connectivity index is 1.74. The third-order valence-electron chi connectivity index (χ3n) is 4.22. The van der Waals surface area contributed by atoms with Crippen molar-refractivity contribution in [3.8, 4) is 0 Å². The molecule has 1 aromatic rings. The molecule has 0 saturated carbocycles. The fourth-order valence-corrected chi connectivity index (χ4v) is 2.92. The molecule has 22 heavy (non-hydrogen) atoms. The molecule has 2 N–H and O–H groups in total. The Morgan fingerprint density at radius 3 is 2.23 bits per heavy atom. The van der Waals surface area contributed by atoms with Crippen molar-refractivity contribution in [1.29, 1.82) is 0 Å². The maximum Gasteiger partial charge on any atom is 0.304 e. The number of aliphatic carboxylic acids is 1. The first-order valence-corrected chi connectivity index (χ1v) is 8.47. The zero-order valence-electron chi connectivity index (χ0n) is 13.4. The van der Waals surface area contributed by atoms with E-state index in [1.165, 1.54) is 56.3 Å². The summed E-state index contributed by atoms with van der Waals surface area (Å²) < 4.78 is 0. The number of benzene rings is 1. The average Bonchev–Trinajstić information content (AvgIpc) is 2.47. The van der Waals surface area contributed by atoms with Crippen molar-refractivity contribution in [3.05, 3.63) is 35.4 Å². The Morgan fingerprint density at radius 1 is 1.00 bits per heavy atom. The summed E-state index contributed by atoms with van der Waals surface area (Å²) in [5, 5.41) is 11.8. The number of carboxylic acids is 1. The molecule has 0 radical (unpaired) electrons. The molecule has 122 valence electrons. The molecule has 0 amide bonds. The first-order chi connectivity index (χ1) is 10.7. The summed E-state index contributed by atoms with van der Waals surface area (Å²) in [5.41, 5.74) is 2.58. The van der Waals surface area contributed by atoms with E-state index in [0.717, 1.165) is 13.1 Å². The van der Waals surface area contributed by atoms with Crippen LogP contribution in [0.2, 0.25) is 0 Å². The van der Waals surface area contributed by atoms with E-state index in [2.05, 4.69) is 34.5 Å². The third kappa shape index (κ3) is 6.58. The van der Waals surface area contributed by atoms with E-state index in [4.69, 9.17) is 5.11 Å². The molecule has 4 nitrogen and oxygen atoms in total. The predicted molar refractivity (Wildman–Crippen MR) is 88.8 cm³/mol. The Kier molecular flexibility index (Phi) is 7.40. The Morgan fingerprint density at radius 2 is 1.59 bits per heavy atom. The van der Waals surface area contributed by atoms with Crippen molar-refractivity contribution in [1.82, 2.24) is 10.2 Å². The third-order valence-corrected chi connectivity index (χ3v) is 4.22. The van der Waals surface area contributed by atoms with E-state index in [-0.39, 0.29) is 6.42 Å². The highest BCUT2D eigenvalue weighted by Gasteiger charge is 2.08. The molecule has 0 aromatic heterocycles. The highest BCUT2D eigenvalue weighted by molar-refractivity contribution is 5.66. The standard InChI is InChI=1S/C18H28N2O2/c21-18(22)10-11-19-14-16-6-8-17(9-7-16)15-20-12-4-2-1-3-5-13-20/h6-9,19H,1-5,10-15H2,(H,21,22). The molecule has 1 heterocycles. The van der Waals surface area contributed by atoms with Crippen molar-refractivity contribution in [2.45, 2.75) is 51.6 Å². The van der Waals surface area contributed by atoms with E-state index in [9.17, 15) is 4.79 Å². The Labute approximate surface area is 133 Å². The summed E-state index contributed by atoms with van der Waals surface area (Å²) in [6.07, 6.45) is 6.97. The maximum absolute atomic E-state index is 10.4. The largest absolute Gasteiger partial charge is 0.481 e. The molecule has 1 fully saturated rings. The highest BCUT2D eigenvalue weighted by atomic mass is 16.4. The van der Waals surface area contributed by atoms with Crippen LogP contribution in [0.4, 0.5) is 0 Å². The van der Waals surface area contributed by atoms with Gasteiger partial charge in [-0.3, -0.25) is 9.69 Å². The van der Waals surface area contributed by atoms with Crippen molar-refractivity contribution in [2.24, 2.45) is 0 Å². The predicted octanol–water partition coefficient (Wildman–Crippen LogP) is 3.02. The number of carbonyl (C=O) groups is 1. The minimum atomic E-state index is -0.754. The van der Waals surface area contributed by atoms with Crippen LogP contribution in [0.1, 0.15) is 49.7 Å². The summed E-state index contributed by atoms with van der Waals surface area (Å²) in [5.74, 6) is -0.754. The molecule has 0 bridgehead atoms. The van der Waals surface area contributed by atoms with Crippen molar-refractivity contribution in [2.75, 3.05) is 19.6 Å². The molecular formula is C18H28N2O2. The monoisotopic (exact) mass is 304 g/mol. The molecule has 1 aliphatic rings. The normalized spacial score (nSPS) is 16.9. The lowest BCUT2D eigenvalue weighted by Crippen LogP contribution is -2.26. The van der Waals surface area contributed by atoms with Crippen LogP contribution < -0.4 is 5.32 Å². The van der Waals surface area contributed by atoms with E-state index in [0.29, 0.717) is 6.54 Å². The van der Waals surface area contributed by atoms with Crippen LogP contribution in [0, 0.1) is 0 Å². The summed E-state index contributed by atoms with van der Waals surface area (Å²) in [6, 6.07) is 8.69. The van der Waals surface area contributed by atoms with Gasteiger partial charge in [-0.15, -0.1) is 0 Å². The van der Waals surface area contributed by atoms with Crippen LogP contribution in [0.25, 0.3) is 0 Å². The van der Waals surface area contributed by atoms with Gasteiger partial charge in [0.2, 0.25) is 0 Å². The molecule has 0 unspecified atom stereocenters. The maximum atomic E-state index is 10.4. The fraction of sp³-hybridized carbons (Fsp3) is 0.611. The summed E-state index contributed by atoms with van der Waals surface area (Å²) >= 11 is 0. The number of nitrogens with zero attached hydrogens (tertiary/aromatic N) is 1. The van der Waals surface area contributed by atoms with Crippen LogP contribution in [0.3, 0.4) is 0 Å². The lowest BCUT2D eigenvalue weighted by Gasteiger charge is -2.24. The van der Waals surface area contributed by atoms with E-state index in [1.807, 2.05) is 0 Å². The van der Waals surface area contributed by atoms with Crippen LogP contribution in [0.15, 0.2) is 24.3 Å². The molecule has 1 aliphatic heterocycles. The Hall–Kier alpha value is -1.39. The minimum Gasteiger partial charge on any atom is -0.481 e. The molecular weight excluding hydrogens is 276 g/mol. The molecule has 0 atom stereocenters. The van der Waals surface area contributed by atoms with E-state index < -0.39 is 5.97 Å². The van der Waals surface area contributed by atoms with Crippen molar-refractivity contribution in [3.63, 3.8) is 0 Å². The minimum absolute atomic E-state index is 0.174. The average molecular weight is 304 g/mol. The van der Waals surface area contributed by atoms with Gasteiger partial charge in [0.25, 0.3) is 0 Å². The molecule has 0 spiro atoms. The van der Waals surface area contributed by atoms with Crippen LogP contribution in [-0.4, -0.2) is 35.6 Å². The van der Waals surface area contributed by atoms with Gasteiger partial charge in [0.1, 0.15) is 0 Å². The summed E-state index contributed by atoms with van der Waals surface area (Å²) in [7, 11) is 0. The smallest absolute Gasteiger partial charge is 0.304 e. The van der Waals surface area contributed by atoms with Crippen LogP contribution in [-0.2, 0) is 17.9 Å². The van der Waals surface area contributed by atoms with Gasteiger partial charge in [0.05, 0.1) is 6.42 Å². The summed E-state index contributed by atoms with van der Waals surface area (Å²) in [4.78, 5) is 13.0. The first-order valence-electron chi connectivity index (χ1n) is 8.47. The number of hydrogen-bond acceptors (Lipinski definition) is 3.